The molecule has 0 saturated carbocycles. The summed E-state index contributed by atoms with van der Waals surface area (Å²) in [7, 11) is 1.71. The van der Waals surface area contributed by atoms with Crippen LogP contribution in [0.3, 0.4) is 0 Å². The van der Waals surface area contributed by atoms with Crippen molar-refractivity contribution in [1.29, 1.82) is 0 Å². The number of amides is 2. The number of nitrogens with zero attached hydrogens (tertiary/aromatic N) is 3. The maximum absolute atomic E-state index is 13.1. The predicted molar refractivity (Wildman–Crippen MR) is 117 cm³/mol. The lowest BCUT2D eigenvalue weighted by molar-refractivity contribution is 0.160. The highest BCUT2D eigenvalue weighted by atomic mass is 32.3. The number of nitrogens with two attached hydrogens (primary N) is 1. The van der Waals surface area contributed by atoms with Gasteiger partial charge in [0.1, 0.15) is 9.99 Å². The van der Waals surface area contributed by atoms with Crippen LogP contribution in [0, 0.1) is 0 Å². The van der Waals surface area contributed by atoms with Crippen molar-refractivity contribution >= 4 is 33.5 Å². The van der Waals surface area contributed by atoms with Crippen LogP contribution >= 0.6 is 11.8 Å². The number of rotatable bonds is 8. The Morgan fingerprint density at radius 3 is 2.38 bits per heavy atom. The van der Waals surface area contributed by atoms with E-state index < -0.39 is 15.5 Å². The Labute approximate surface area is 176 Å². The maximum Gasteiger partial charge on any atom is 0.324 e. The van der Waals surface area contributed by atoms with Gasteiger partial charge in [-0.1, -0.05) is 11.8 Å². The van der Waals surface area contributed by atoms with Gasteiger partial charge in [0.15, 0.2) is 5.50 Å². The number of allylic oxidation sites excluding steroid dienone is 1. The van der Waals surface area contributed by atoms with Crippen LogP contribution in [0.5, 0.6) is 5.75 Å². The van der Waals surface area contributed by atoms with Crippen LogP contribution in [0.1, 0.15) is 13.8 Å². The van der Waals surface area contributed by atoms with E-state index >= 15 is 0 Å². The quantitative estimate of drug-likeness (QED) is 0.632. The minimum atomic E-state index is -3.86. The van der Waals surface area contributed by atoms with Crippen LogP contribution < -0.4 is 15.2 Å². The number of hydrogen-bond acceptors (Lipinski definition) is 7. The highest BCUT2D eigenvalue weighted by Gasteiger charge is 2.38. The predicted octanol–water partition coefficient (Wildman–Crippen LogP) is 1.92. The fourth-order valence-corrected chi connectivity index (χ4v) is 5.23. The first-order valence-electron chi connectivity index (χ1n) is 9.13. The molecule has 29 heavy (non-hydrogen) atoms. The molecule has 1 aromatic carbocycles. The highest BCUT2D eigenvalue weighted by molar-refractivity contribution is 8.18. The summed E-state index contributed by atoms with van der Waals surface area (Å²) in [5, 5.41) is 8.22. The number of urea groups is 1. The van der Waals surface area contributed by atoms with Gasteiger partial charge in [0.25, 0.3) is 0 Å². The van der Waals surface area contributed by atoms with Gasteiger partial charge in [-0.25, -0.2) is 18.4 Å². The van der Waals surface area contributed by atoms with E-state index in [4.69, 9.17) is 9.88 Å². The first-order chi connectivity index (χ1) is 13.5. The van der Waals surface area contributed by atoms with E-state index in [2.05, 4.69) is 5.32 Å². The molecule has 2 rings (SSSR count). The normalized spacial score (nSPS) is 17.1. The lowest BCUT2D eigenvalue weighted by Crippen LogP contribution is -2.49. The van der Waals surface area contributed by atoms with Crippen molar-refractivity contribution in [2.75, 3.05) is 46.2 Å². The Morgan fingerprint density at radius 1 is 1.28 bits per heavy atom. The monoisotopic (exact) mass is 443 g/mol. The standard InChI is InChI=1S/C18H29N5O4S2/c1-6-27-15-9-7-14(8-10-15)20-17(24)23(12-11-21(3)4)18-22(5)13(2)16(28-18)29(19,25)26/h7-10,18H,6,11-12H2,1-5H3,(H,20,24)(H2,19,25,26). The van der Waals surface area contributed by atoms with Crippen LogP contribution in [0.2, 0.25) is 0 Å². The molecule has 2 amide bonds. The van der Waals surface area contributed by atoms with E-state index in [1.165, 1.54) is 0 Å². The smallest absolute Gasteiger partial charge is 0.324 e. The summed E-state index contributed by atoms with van der Waals surface area (Å²) >= 11 is 1.06. The third-order valence-corrected chi connectivity index (χ3v) is 7.45. The second-order valence-electron chi connectivity index (χ2n) is 6.86. The fourth-order valence-electron chi connectivity index (χ4n) is 2.73. The molecule has 9 nitrogen and oxygen atoms in total. The summed E-state index contributed by atoms with van der Waals surface area (Å²) in [6.45, 7) is 5.17. The third kappa shape index (κ3) is 6.01. The van der Waals surface area contributed by atoms with Crippen LogP contribution in [0.15, 0.2) is 34.2 Å². The Bertz CT molecular complexity index is 856. The largest absolute Gasteiger partial charge is 0.494 e. The van der Waals surface area contributed by atoms with Crippen molar-refractivity contribution in [2.45, 2.75) is 19.3 Å². The number of ether oxygens (including phenoxy) is 1. The number of nitrogens with one attached hydrogen (secondary N) is 1. The second kappa shape index (κ2) is 9.70. The van der Waals surface area contributed by atoms with E-state index in [0.29, 0.717) is 31.1 Å². The molecule has 1 aromatic rings. The molecule has 1 atom stereocenters. The summed E-state index contributed by atoms with van der Waals surface area (Å²) in [6.07, 6.45) is 0. The van der Waals surface area contributed by atoms with Gasteiger partial charge in [-0.15, -0.1) is 0 Å². The summed E-state index contributed by atoms with van der Waals surface area (Å²) in [5.74, 6) is 0.721. The van der Waals surface area contributed by atoms with E-state index in [1.807, 2.05) is 25.9 Å². The lowest BCUT2D eigenvalue weighted by atomic mass is 10.3. The average molecular weight is 444 g/mol. The van der Waals surface area contributed by atoms with Crippen molar-refractivity contribution in [3.05, 3.63) is 34.2 Å². The van der Waals surface area contributed by atoms with Crippen molar-refractivity contribution in [1.82, 2.24) is 14.7 Å². The Hall–Kier alpha value is -1.95. The molecule has 1 aliphatic heterocycles. The fraction of sp³-hybridized carbons (Fsp3) is 0.500. The summed E-state index contributed by atoms with van der Waals surface area (Å²) in [5.41, 5.74) is 0.618. The second-order valence-corrected chi connectivity index (χ2v) is 9.68. The zero-order valence-corrected chi connectivity index (χ0v) is 19.0. The molecule has 0 radical (unpaired) electrons. The number of thioether (sulfide) groups is 1. The summed E-state index contributed by atoms with van der Waals surface area (Å²) < 4.78 is 29.3. The number of carbonyl (C=O) groups is 1. The molecular formula is C18H29N5O4S2. The highest BCUT2D eigenvalue weighted by Crippen LogP contribution is 2.40. The van der Waals surface area contributed by atoms with Crippen molar-refractivity contribution in [3.8, 4) is 5.75 Å². The zero-order chi connectivity index (χ0) is 21.8. The molecule has 0 saturated heterocycles. The molecule has 1 heterocycles. The molecule has 0 aromatic heterocycles. The van der Waals surface area contributed by atoms with E-state index in [0.717, 1.165) is 17.5 Å². The van der Waals surface area contributed by atoms with Crippen LogP contribution in [-0.2, 0) is 10.0 Å². The van der Waals surface area contributed by atoms with Crippen LogP contribution in [0.4, 0.5) is 10.5 Å². The molecule has 0 spiro atoms. The molecule has 162 valence electrons. The van der Waals surface area contributed by atoms with E-state index in [1.54, 1.807) is 48.0 Å². The number of hydrogen-bond donors (Lipinski definition) is 2. The van der Waals surface area contributed by atoms with Crippen LogP contribution in [0.25, 0.3) is 0 Å². The molecule has 3 N–H and O–H groups in total. The van der Waals surface area contributed by atoms with Crippen molar-refractivity contribution < 1.29 is 17.9 Å². The minimum Gasteiger partial charge on any atom is -0.494 e. The zero-order valence-electron chi connectivity index (χ0n) is 17.4. The van der Waals surface area contributed by atoms with Gasteiger partial charge in [0, 0.05) is 31.5 Å². The number of sulfonamides is 1. The summed E-state index contributed by atoms with van der Waals surface area (Å²) in [6, 6.07) is 6.76. The Balaban J connectivity index is 2.20. The molecule has 1 unspecified atom stereocenters. The van der Waals surface area contributed by atoms with Gasteiger partial charge in [-0.2, -0.15) is 0 Å². The van der Waals surface area contributed by atoms with Gasteiger partial charge >= 0.3 is 6.03 Å². The van der Waals surface area contributed by atoms with Crippen molar-refractivity contribution in [2.24, 2.45) is 5.14 Å². The molecule has 1 aliphatic rings. The number of carbonyl (C=O) groups excluding carboxylic acids is 1. The molecule has 0 fully saturated rings. The first kappa shape index (κ1) is 23.3. The topological polar surface area (TPSA) is 108 Å². The number of likely N-dealkylation sites (N-methyl/N-ethyl adjacent to an activating group) is 1. The van der Waals surface area contributed by atoms with E-state index in [9.17, 15) is 13.2 Å². The van der Waals surface area contributed by atoms with E-state index in [-0.39, 0.29) is 10.3 Å². The van der Waals surface area contributed by atoms with Gasteiger partial charge in [-0.05, 0) is 52.2 Å². The summed E-state index contributed by atoms with van der Waals surface area (Å²) in [4.78, 5) is 18.4. The average Bonchev–Trinajstić information content (AvgIpc) is 2.93. The third-order valence-electron chi connectivity index (χ3n) is 4.36. The van der Waals surface area contributed by atoms with Gasteiger partial charge in [0.05, 0.1) is 6.61 Å². The van der Waals surface area contributed by atoms with Gasteiger partial charge in [-0.3, -0.25) is 4.90 Å². The van der Waals surface area contributed by atoms with Gasteiger partial charge < -0.3 is 19.9 Å². The minimum absolute atomic E-state index is 0.0775. The molecule has 0 bridgehead atoms. The van der Waals surface area contributed by atoms with Gasteiger partial charge in [0.2, 0.25) is 10.0 Å². The number of anilines is 1. The lowest BCUT2D eigenvalue weighted by Gasteiger charge is -2.34. The number of benzene rings is 1. The molecule has 0 aliphatic carbocycles. The first-order valence-corrected chi connectivity index (χ1v) is 11.6. The Kier molecular flexibility index (Phi) is 7.80. The molecular weight excluding hydrogens is 414 g/mol. The Morgan fingerprint density at radius 2 is 1.90 bits per heavy atom. The van der Waals surface area contributed by atoms with Crippen molar-refractivity contribution in [3.63, 3.8) is 0 Å². The molecule has 11 heteroatoms. The SMILES string of the molecule is CCOc1ccc(NC(=O)N(CCN(C)C)C2SC(S(N)(=O)=O)=C(C)N2C)cc1. The number of primary sulfonamides is 1. The maximum atomic E-state index is 13.1. The van der Waals surface area contributed by atoms with Crippen LogP contribution in [-0.4, -0.2) is 75.5 Å².